The van der Waals surface area contributed by atoms with Gasteiger partial charge < -0.3 is 5.32 Å². The largest absolute Gasteiger partial charge is 0.378 e. The SMILES string of the molecule is Cc1ccc(NC(c2ccccc2)C2CCCCCCC2)cc1. The molecule has 1 atom stereocenters. The minimum atomic E-state index is 0.428. The highest BCUT2D eigenvalue weighted by Crippen LogP contribution is 2.35. The maximum absolute atomic E-state index is 3.84. The topological polar surface area (TPSA) is 12.0 Å². The Morgan fingerprint density at radius 2 is 1.39 bits per heavy atom. The quantitative estimate of drug-likeness (QED) is 0.679. The lowest BCUT2D eigenvalue weighted by Gasteiger charge is -2.31. The molecule has 1 aliphatic carbocycles. The second-order valence-electron chi connectivity index (χ2n) is 7.00. The Labute approximate surface area is 141 Å². The molecule has 1 N–H and O–H groups in total. The lowest BCUT2D eigenvalue weighted by atomic mass is 9.82. The molecular weight excluding hydrogens is 278 g/mol. The summed E-state index contributed by atoms with van der Waals surface area (Å²) in [6.45, 7) is 2.15. The van der Waals surface area contributed by atoms with Crippen LogP contribution in [0, 0.1) is 12.8 Å². The Balaban J connectivity index is 1.82. The van der Waals surface area contributed by atoms with Crippen LogP contribution in [0.15, 0.2) is 54.6 Å². The first-order valence-corrected chi connectivity index (χ1v) is 9.21. The molecule has 1 fully saturated rings. The number of nitrogens with one attached hydrogen (secondary N) is 1. The van der Waals surface area contributed by atoms with Crippen LogP contribution < -0.4 is 5.32 Å². The molecule has 0 spiro atoms. The normalized spacial score (nSPS) is 18.0. The molecule has 0 amide bonds. The fourth-order valence-corrected chi connectivity index (χ4v) is 3.78. The van der Waals surface area contributed by atoms with Gasteiger partial charge in [0.25, 0.3) is 0 Å². The summed E-state index contributed by atoms with van der Waals surface area (Å²) in [4.78, 5) is 0. The molecule has 0 bridgehead atoms. The zero-order chi connectivity index (χ0) is 15.9. The van der Waals surface area contributed by atoms with Gasteiger partial charge >= 0.3 is 0 Å². The van der Waals surface area contributed by atoms with Gasteiger partial charge in [-0.05, 0) is 43.4 Å². The molecular formula is C22H29N. The molecule has 1 saturated carbocycles. The predicted octanol–water partition coefficient (Wildman–Crippen LogP) is 6.51. The number of aryl methyl sites for hydroxylation is 1. The molecule has 122 valence electrons. The van der Waals surface area contributed by atoms with E-state index in [2.05, 4.69) is 66.8 Å². The lowest BCUT2D eigenvalue weighted by molar-refractivity contribution is 0.340. The summed E-state index contributed by atoms with van der Waals surface area (Å²) >= 11 is 0. The van der Waals surface area contributed by atoms with E-state index < -0.39 is 0 Å². The minimum absolute atomic E-state index is 0.428. The van der Waals surface area contributed by atoms with Gasteiger partial charge in [0.1, 0.15) is 0 Å². The molecule has 1 unspecified atom stereocenters. The van der Waals surface area contributed by atoms with Gasteiger partial charge in [0.05, 0.1) is 6.04 Å². The van der Waals surface area contributed by atoms with Crippen LogP contribution in [0.1, 0.15) is 62.1 Å². The third-order valence-corrected chi connectivity index (χ3v) is 5.15. The lowest BCUT2D eigenvalue weighted by Crippen LogP contribution is -2.22. The summed E-state index contributed by atoms with van der Waals surface area (Å²) in [5.74, 6) is 0.735. The van der Waals surface area contributed by atoms with Crippen molar-refractivity contribution >= 4 is 5.69 Å². The molecule has 0 saturated heterocycles. The van der Waals surface area contributed by atoms with Gasteiger partial charge in [-0.25, -0.2) is 0 Å². The summed E-state index contributed by atoms with van der Waals surface area (Å²) < 4.78 is 0. The molecule has 0 aromatic heterocycles. The fraction of sp³-hybridized carbons (Fsp3) is 0.455. The summed E-state index contributed by atoms with van der Waals surface area (Å²) in [6, 6.07) is 20.3. The number of hydrogen-bond donors (Lipinski definition) is 1. The first kappa shape index (κ1) is 16.1. The van der Waals surface area contributed by atoms with E-state index in [1.54, 1.807) is 0 Å². The van der Waals surface area contributed by atoms with E-state index in [-0.39, 0.29) is 0 Å². The predicted molar refractivity (Wildman–Crippen MR) is 99.8 cm³/mol. The van der Waals surface area contributed by atoms with E-state index in [1.807, 2.05) is 0 Å². The van der Waals surface area contributed by atoms with E-state index >= 15 is 0 Å². The van der Waals surface area contributed by atoms with E-state index in [9.17, 15) is 0 Å². The van der Waals surface area contributed by atoms with Crippen molar-refractivity contribution in [3.63, 3.8) is 0 Å². The maximum atomic E-state index is 3.84. The van der Waals surface area contributed by atoms with E-state index in [0.29, 0.717) is 6.04 Å². The highest BCUT2D eigenvalue weighted by Gasteiger charge is 2.23. The summed E-state index contributed by atoms with van der Waals surface area (Å²) in [5.41, 5.74) is 3.99. The van der Waals surface area contributed by atoms with Crippen molar-refractivity contribution in [3.05, 3.63) is 65.7 Å². The van der Waals surface area contributed by atoms with Crippen molar-refractivity contribution in [3.8, 4) is 0 Å². The van der Waals surface area contributed by atoms with Crippen molar-refractivity contribution in [2.75, 3.05) is 5.32 Å². The van der Waals surface area contributed by atoms with E-state index in [1.165, 1.54) is 61.8 Å². The third-order valence-electron chi connectivity index (χ3n) is 5.15. The van der Waals surface area contributed by atoms with Crippen LogP contribution >= 0.6 is 0 Å². The summed E-state index contributed by atoms with van der Waals surface area (Å²) in [5, 5.41) is 3.84. The van der Waals surface area contributed by atoms with Gasteiger partial charge in [-0.2, -0.15) is 0 Å². The van der Waals surface area contributed by atoms with Gasteiger partial charge in [-0.15, -0.1) is 0 Å². The fourth-order valence-electron chi connectivity index (χ4n) is 3.78. The van der Waals surface area contributed by atoms with Crippen molar-refractivity contribution in [1.29, 1.82) is 0 Å². The molecule has 2 aromatic rings. The second-order valence-corrected chi connectivity index (χ2v) is 7.00. The van der Waals surface area contributed by atoms with Crippen molar-refractivity contribution in [2.45, 2.75) is 57.9 Å². The number of hydrogen-bond acceptors (Lipinski definition) is 1. The Morgan fingerprint density at radius 1 is 0.783 bits per heavy atom. The molecule has 0 heterocycles. The van der Waals surface area contributed by atoms with Gasteiger partial charge in [0.15, 0.2) is 0 Å². The van der Waals surface area contributed by atoms with E-state index in [0.717, 1.165) is 5.92 Å². The Hall–Kier alpha value is -1.76. The van der Waals surface area contributed by atoms with Crippen molar-refractivity contribution < 1.29 is 0 Å². The second kappa shape index (κ2) is 8.19. The smallest absolute Gasteiger partial charge is 0.0542 e. The molecule has 23 heavy (non-hydrogen) atoms. The van der Waals surface area contributed by atoms with Crippen LogP contribution in [0.5, 0.6) is 0 Å². The first-order valence-electron chi connectivity index (χ1n) is 9.21. The van der Waals surface area contributed by atoms with Crippen LogP contribution in [-0.4, -0.2) is 0 Å². The van der Waals surface area contributed by atoms with Crippen LogP contribution in [0.2, 0.25) is 0 Å². The Bertz CT molecular complexity index is 565. The zero-order valence-electron chi connectivity index (χ0n) is 14.3. The Morgan fingerprint density at radius 3 is 2.04 bits per heavy atom. The molecule has 1 nitrogen and oxygen atoms in total. The molecule has 3 rings (SSSR count). The number of rotatable bonds is 4. The van der Waals surface area contributed by atoms with Crippen LogP contribution in [-0.2, 0) is 0 Å². The summed E-state index contributed by atoms with van der Waals surface area (Å²) in [6.07, 6.45) is 9.68. The highest BCUT2D eigenvalue weighted by atomic mass is 14.9. The highest BCUT2D eigenvalue weighted by molar-refractivity contribution is 5.47. The molecule has 0 radical (unpaired) electrons. The number of benzene rings is 2. The van der Waals surface area contributed by atoms with Crippen LogP contribution in [0.25, 0.3) is 0 Å². The third kappa shape index (κ3) is 4.60. The van der Waals surface area contributed by atoms with Gasteiger partial charge in [-0.1, -0.05) is 80.1 Å². The average molecular weight is 307 g/mol. The van der Waals surface area contributed by atoms with Gasteiger partial charge in [-0.3, -0.25) is 0 Å². The minimum Gasteiger partial charge on any atom is -0.378 e. The molecule has 1 aliphatic rings. The number of anilines is 1. The van der Waals surface area contributed by atoms with Gasteiger partial charge in [0.2, 0.25) is 0 Å². The summed E-state index contributed by atoms with van der Waals surface area (Å²) in [7, 11) is 0. The standard InChI is InChI=1S/C22H29N/c1-18-14-16-21(17-15-18)23-22(20-12-8-5-9-13-20)19-10-6-3-2-4-7-11-19/h5,8-9,12-17,19,22-23H,2-4,6-7,10-11H2,1H3. The van der Waals surface area contributed by atoms with Crippen molar-refractivity contribution in [1.82, 2.24) is 0 Å². The zero-order valence-corrected chi connectivity index (χ0v) is 14.3. The van der Waals surface area contributed by atoms with Crippen LogP contribution in [0.3, 0.4) is 0 Å². The monoisotopic (exact) mass is 307 g/mol. The molecule has 0 aliphatic heterocycles. The Kier molecular flexibility index (Phi) is 5.74. The molecule has 1 heteroatoms. The molecule has 2 aromatic carbocycles. The van der Waals surface area contributed by atoms with Crippen LogP contribution in [0.4, 0.5) is 5.69 Å². The van der Waals surface area contributed by atoms with E-state index in [4.69, 9.17) is 0 Å². The maximum Gasteiger partial charge on any atom is 0.0542 e. The van der Waals surface area contributed by atoms with Gasteiger partial charge in [0, 0.05) is 5.69 Å². The average Bonchev–Trinajstić information content (AvgIpc) is 2.56. The first-order chi connectivity index (χ1) is 11.3. The van der Waals surface area contributed by atoms with Crippen molar-refractivity contribution in [2.24, 2.45) is 5.92 Å².